The molecule has 0 bridgehead atoms. The summed E-state index contributed by atoms with van der Waals surface area (Å²) in [6.07, 6.45) is 76.7. The first-order chi connectivity index (χ1) is 48.0. The predicted octanol–water partition coefficient (Wildman–Crippen LogP) is 21.6. The number of hydrogen-bond acceptors (Lipinski definition) is 15. The quantitative estimate of drug-likeness (QED) is 0.0169. The van der Waals surface area contributed by atoms with E-state index in [2.05, 4.69) is 67.7 Å². The number of aliphatic hydroxyl groups excluding tert-OH is 1. The maximum atomic E-state index is 13.1. The highest BCUT2D eigenvalue weighted by Gasteiger charge is 2.29. The number of hydrogen-bond donors (Lipinski definition) is 3. The Balaban J connectivity index is 5.13. The van der Waals surface area contributed by atoms with Crippen LogP contribution in [0.4, 0.5) is 0 Å². The number of carbonyl (C=O) groups excluding carboxylic acids is 4. The third-order valence-corrected chi connectivity index (χ3v) is 18.9. The second-order valence-electron chi connectivity index (χ2n) is 26.5. The molecule has 0 amide bonds. The highest BCUT2D eigenvalue weighted by Crippen LogP contribution is 2.45. The Morgan fingerprint density at radius 1 is 0.327 bits per heavy atom. The first-order valence-electron chi connectivity index (χ1n) is 39.4. The van der Waals surface area contributed by atoms with E-state index in [1.165, 1.54) is 77.0 Å². The molecule has 98 heavy (non-hydrogen) atoms. The summed E-state index contributed by atoms with van der Waals surface area (Å²) in [6.45, 7) is 1.19. The Hall–Kier alpha value is -2.76. The van der Waals surface area contributed by atoms with Crippen LogP contribution in [0.15, 0.2) is 60.8 Å². The summed E-state index contributed by atoms with van der Waals surface area (Å²) < 4.78 is 70.7. The Bertz CT molecular complexity index is 2000. The van der Waals surface area contributed by atoms with Gasteiger partial charge in [0, 0.05) is 45.5 Å². The van der Waals surface area contributed by atoms with Crippen LogP contribution in [0.25, 0.3) is 0 Å². The van der Waals surface area contributed by atoms with E-state index < -0.39 is 53.8 Å². The van der Waals surface area contributed by atoms with Crippen molar-refractivity contribution in [2.24, 2.45) is 0 Å². The maximum absolute atomic E-state index is 13.1. The number of aldehydes is 3. The van der Waals surface area contributed by atoms with Gasteiger partial charge in [-0.05, 0) is 154 Å². The lowest BCUT2D eigenvalue weighted by molar-refractivity contribution is -0.149. The third kappa shape index (κ3) is 75.9. The van der Waals surface area contributed by atoms with E-state index in [1.807, 2.05) is 0 Å². The monoisotopic (exact) mass is 1430 g/mol. The van der Waals surface area contributed by atoms with E-state index in [-0.39, 0.29) is 32.2 Å². The lowest BCUT2D eigenvalue weighted by Crippen LogP contribution is -2.28. The average molecular weight is 1430 g/mol. The fourth-order valence-electron chi connectivity index (χ4n) is 10.9. The zero-order valence-corrected chi connectivity index (χ0v) is 63.6. The zero-order chi connectivity index (χ0) is 71.3. The molecule has 3 N–H and O–H groups in total. The van der Waals surface area contributed by atoms with Gasteiger partial charge in [0.05, 0.1) is 33.0 Å². The molecule has 5 atom stereocenters. The fraction of sp³-hybridized carbons (Fsp3) is 0.823. The topological polar surface area (TPSA) is 237 Å². The van der Waals surface area contributed by atoms with Crippen LogP contribution in [0.1, 0.15) is 341 Å². The van der Waals surface area contributed by atoms with Crippen molar-refractivity contribution < 1.29 is 80.2 Å². The van der Waals surface area contributed by atoms with Crippen LogP contribution in [0.5, 0.6) is 0 Å². The van der Waals surface area contributed by atoms with Gasteiger partial charge in [0.25, 0.3) is 0 Å². The zero-order valence-electron chi connectivity index (χ0n) is 61.8. The summed E-state index contributed by atoms with van der Waals surface area (Å²) in [5.41, 5.74) is 0. The van der Waals surface area contributed by atoms with Crippen molar-refractivity contribution in [2.45, 2.75) is 359 Å². The van der Waals surface area contributed by atoms with Gasteiger partial charge in [-0.3, -0.25) is 22.9 Å². The first-order valence-corrected chi connectivity index (χ1v) is 42.4. The summed E-state index contributed by atoms with van der Waals surface area (Å²) in [6, 6.07) is 0. The molecular formula is C79H144O17P2. The molecular weight excluding hydrogens is 1280 g/mol. The van der Waals surface area contributed by atoms with E-state index in [9.17, 15) is 43.2 Å². The molecule has 0 aromatic rings. The minimum atomic E-state index is -4.80. The number of phosphoric ester groups is 2. The number of esters is 1. The number of aliphatic hydroxyl groups is 1. The smallest absolute Gasteiger partial charge is 0.463 e. The molecule has 19 heteroatoms. The summed E-state index contributed by atoms with van der Waals surface area (Å²) in [5.74, 6) is -0.385. The van der Waals surface area contributed by atoms with E-state index in [0.29, 0.717) is 45.5 Å². The summed E-state index contributed by atoms with van der Waals surface area (Å²) >= 11 is 0. The summed E-state index contributed by atoms with van der Waals surface area (Å²) in [5, 5.41) is 10.6. The number of phosphoric acid groups is 2. The SMILES string of the molecule is CCCCC/C=C\C/C=C\CCCCCCCC(=O)OC[C@H](COP(=O)(O)OC[C@H](O)COP(=O)(O)OC[C@@H](COCCCCCCCCC/C=C\CCCCCCC=O)OCCCCCCC/C=C\CCCCCCC=O)OCCCCCCCCC/C=C\CCCCCCC=O. The second kappa shape index (κ2) is 76.9. The van der Waals surface area contributed by atoms with Crippen LogP contribution in [-0.4, -0.2) is 117 Å². The minimum Gasteiger partial charge on any atom is -0.463 e. The van der Waals surface area contributed by atoms with Crippen molar-refractivity contribution in [3.05, 3.63) is 60.8 Å². The van der Waals surface area contributed by atoms with E-state index >= 15 is 0 Å². The van der Waals surface area contributed by atoms with Crippen molar-refractivity contribution in [2.75, 3.05) is 59.5 Å². The number of rotatable bonds is 81. The van der Waals surface area contributed by atoms with Gasteiger partial charge in [-0.25, -0.2) is 9.13 Å². The van der Waals surface area contributed by atoms with Gasteiger partial charge in [0.1, 0.15) is 43.8 Å². The van der Waals surface area contributed by atoms with Gasteiger partial charge in [-0.15, -0.1) is 0 Å². The van der Waals surface area contributed by atoms with Crippen LogP contribution in [0.2, 0.25) is 0 Å². The van der Waals surface area contributed by atoms with Crippen molar-refractivity contribution in [1.29, 1.82) is 0 Å². The molecule has 0 radical (unpaired) electrons. The molecule has 0 saturated heterocycles. The number of carbonyl (C=O) groups is 4. The lowest BCUT2D eigenvalue weighted by atomic mass is 10.1. The van der Waals surface area contributed by atoms with Crippen LogP contribution in [-0.2, 0) is 65.4 Å². The van der Waals surface area contributed by atoms with Crippen molar-refractivity contribution in [3.63, 3.8) is 0 Å². The first kappa shape index (κ1) is 95.2. The predicted molar refractivity (Wildman–Crippen MR) is 400 cm³/mol. The number of allylic oxidation sites excluding steroid dienone is 10. The van der Waals surface area contributed by atoms with Crippen LogP contribution in [0, 0.1) is 0 Å². The maximum Gasteiger partial charge on any atom is 0.472 e. The summed E-state index contributed by atoms with van der Waals surface area (Å²) in [4.78, 5) is 65.5. The van der Waals surface area contributed by atoms with Crippen molar-refractivity contribution in [1.82, 2.24) is 0 Å². The number of unbranched alkanes of at least 4 members (excludes halogenated alkanes) is 42. The molecule has 0 aromatic heterocycles. The highest BCUT2D eigenvalue weighted by atomic mass is 31.2. The third-order valence-electron chi connectivity index (χ3n) is 17.0. The average Bonchev–Trinajstić information content (AvgIpc) is 1.70. The minimum absolute atomic E-state index is 0.152. The summed E-state index contributed by atoms with van der Waals surface area (Å²) in [7, 11) is -9.53. The lowest BCUT2D eigenvalue weighted by Gasteiger charge is -2.21. The van der Waals surface area contributed by atoms with Gasteiger partial charge in [-0.1, -0.05) is 222 Å². The standard InChI is InChI=1S/C79H144O17P2/c1-2-3-4-5-6-7-8-9-14-21-28-35-42-49-56-63-79(84)92-73-78(91-69-62-55-48-41-34-26-19-13-11-16-23-30-37-44-51-58-65-81)75-96-98(87,88)94-71-76(83)70-93-97(85,86)95-74-77(90-68-61-54-47-40-33-27-20-17-24-31-38-45-52-59-66-82)72-89-67-60-53-46-39-32-25-18-12-10-15-22-29-36-43-50-57-64-80/h6-7,9-11,14-17,20,64-66,76-78,83H,2-5,8,12-13,18-19,21-63,67-75H2,1H3,(H,85,86)(H,87,88)/b7-6-,14-9-,15-10-,16-11-,20-17-/t76-,77-,78-/m1/s1. The molecule has 2 unspecified atom stereocenters. The molecule has 0 heterocycles. The molecule has 0 aromatic carbocycles. The molecule has 0 rings (SSSR count). The van der Waals surface area contributed by atoms with E-state index in [0.717, 1.165) is 244 Å². The molecule has 0 fully saturated rings. The molecule has 0 aliphatic carbocycles. The number of ether oxygens (including phenoxy) is 4. The van der Waals surface area contributed by atoms with Gasteiger partial charge < -0.3 is 48.2 Å². The molecule has 0 aliphatic rings. The van der Waals surface area contributed by atoms with E-state index in [4.69, 9.17) is 37.0 Å². The highest BCUT2D eigenvalue weighted by molar-refractivity contribution is 7.47. The molecule has 17 nitrogen and oxygen atoms in total. The van der Waals surface area contributed by atoms with Crippen LogP contribution >= 0.6 is 15.6 Å². The van der Waals surface area contributed by atoms with Gasteiger partial charge >= 0.3 is 21.6 Å². The van der Waals surface area contributed by atoms with Gasteiger partial charge in [0.2, 0.25) is 0 Å². The normalized spacial score (nSPS) is 14.3. The second-order valence-corrected chi connectivity index (χ2v) is 29.4. The van der Waals surface area contributed by atoms with Crippen molar-refractivity contribution >= 4 is 40.5 Å². The van der Waals surface area contributed by atoms with Gasteiger partial charge in [-0.2, -0.15) is 0 Å². The van der Waals surface area contributed by atoms with Crippen LogP contribution < -0.4 is 0 Å². The van der Waals surface area contributed by atoms with E-state index in [1.54, 1.807) is 0 Å². The largest absolute Gasteiger partial charge is 0.472 e. The fourth-order valence-corrected chi connectivity index (χ4v) is 12.5. The van der Waals surface area contributed by atoms with Crippen molar-refractivity contribution in [3.8, 4) is 0 Å². The Morgan fingerprint density at radius 2 is 0.602 bits per heavy atom. The Labute approximate surface area is 597 Å². The molecule has 0 saturated carbocycles. The Kier molecular flexibility index (Phi) is 74.7. The van der Waals surface area contributed by atoms with Gasteiger partial charge in [0.15, 0.2) is 0 Å². The van der Waals surface area contributed by atoms with Crippen LogP contribution in [0.3, 0.4) is 0 Å². The molecule has 0 aliphatic heterocycles. The Morgan fingerprint density at radius 3 is 0.949 bits per heavy atom. The molecule has 0 spiro atoms. The molecule has 572 valence electrons.